The van der Waals surface area contributed by atoms with Gasteiger partial charge in [-0.2, -0.15) is 5.10 Å². The van der Waals surface area contributed by atoms with Crippen LogP contribution in [-0.4, -0.2) is 36.5 Å². The van der Waals surface area contributed by atoms with Crippen molar-refractivity contribution in [2.75, 3.05) is 20.8 Å². The first-order chi connectivity index (χ1) is 14.2. The fourth-order valence-corrected chi connectivity index (χ4v) is 3.03. The summed E-state index contributed by atoms with van der Waals surface area (Å²) in [5, 5.41) is 7.71. The van der Waals surface area contributed by atoms with E-state index in [1.807, 2.05) is 54.6 Å². The van der Waals surface area contributed by atoms with E-state index in [9.17, 15) is 4.79 Å². The molecule has 2 aromatic carbocycles. The summed E-state index contributed by atoms with van der Waals surface area (Å²) in [5.74, 6) is 1.39. The highest BCUT2D eigenvalue weighted by Crippen LogP contribution is 2.25. The number of benzene rings is 2. The lowest BCUT2D eigenvalue weighted by Gasteiger charge is -2.09. The van der Waals surface area contributed by atoms with Gasteiger partial charge in [-0.15, -0.1) is 0 Å². The van der Waals surface area contributed by atoms with E-state index in [4.69, 9.17) is 14.6 Å². The molecule has 0 spiro atoms. The minimum absolute atomic E-state index is 0.135. The SMILES string of the molecule is CCCCCNC(=O)c1cc(-c2ccc(OC)cc2)nn1-c1ccc(OC)cc1. The fraction of sp³-hybridized carbons (Fsp3) is 0.304. The second-order valence-electron chi connectivity index (χ2n) is 6.72. The number of hydrogen-bond acceptors (Lipinski definition) is 4. The molecule has 0 atom stereocenters. The summed E-state index contributed by atoms with van der Waals surface area (Å²) in [5.41, 5.74) is 2.93. The lowest BCUT2D eigenvalue weighted by Crippen LogP contribution is -2.26. The standard InChI is InChI=1S/C23H27N3O3/c1-4-5-6-15-24-23(27)22-16-21(17-7-11-19(28-2)12-8-17)25-26(22)18-9-13-20(29-3)14-10-18/h7-14,16H,4-6,15H2,1-3H3,(H,24,27). The van der Waals surface area contributed by atoms with E-state index < -0.39 is 0 Å². The van der Waals surface area contributed by atoms with Crippen LogP contribution in [0.15, 0.2) is 54.6 Å². The first kappa shape index (κ1) is 20.5. The summed E-state index contributed by atoms with van der Waals surface area (Å²) in [4.78, 5) is 12.9. The molecule has 0 aliphatic rings. The normalized spacial score (nSPS) is 10.6. The van der Waals surface area contributed by atoms with E-state index in [0.29, 0.717) is 12.2 Å². The Labute approximate surface area is 171 Å². The van der Waals surface area contributed by atoms with Crippen molar-refractivity contribution in [1.82, 2.24) is 15.1 Å². The van der Waals surface area contributed by atoms with Gasteiger partial charge >= 0.3 is 0 Å². The predicted molar refractivity (Wildman–Crippen MR) is 114 cm³/mol. The number of carbonyl (C=O) groups excluding carboxylic acids is 1. The maximum Gasteiger partial charge on any atom is 0.270 e. The number of ether oxygens (including phenoxy) is 2. The molecule has 6 nitrogen and oxygen atoms in total. The zero-order valence-corrected chi connectivity index (χ0v) is 17.1. The van der Waals surface area contributed by atoms with Crippen LogP contribution in [0.25, 0.3) is 16.9 Å². The van der Waals surface area contributed by atoms with Gasteiger partial charge in [-0.25, -0.2) is 4.68 Å². The van der Waals surface area contributed by atoms with Crippen LogP contribution in [0.2, 0.25) is 0 Å². The van der Waals surface area contributed by atoms with Gasteiger partial charge in [-0.1, -0.05) is 19.8 Å². The predicted octanol–water partition coefficient (Wildman–Crippen LogP) is 4.48. The Morgan fingerprint density at radius 2 is 1.59 bits per heavy atom. The minimum Gasteiger partial charge on any atom is -0.497 e. The Morgan fingerprint density at radius 1 is 0.966 bits per heavy atom. The van der Waals surface area contributed by atoms with Crippen LogP contribution in [0.4, 0.5) is 0 Å². The summed E-state index contributed by atoms with van der Waals surface area (Å²) < 4.78 is 12.1. The van der Waals surface area contributed by atoms with Crippen molar-refractivity contribution in [2.24, 2.45) is 0 Å². The molecule has 0 fully saturated rings. The number of amides is 1. The topological polar surface area (TPSA) is 65.4 Å². The van der Waals surface area contributed by atoms with Crippen LogP contribution in [0.1, 0.15) is 36.7 Å². The van der Waals surface area contributed by atoms with Gasteiger partial charge in [0.25, 0.3) is 5.91 Å². The summed E-state index contributed by atoms with van der Waals surface area (Å²) in [7, 11) is 3.26. The first-order valence-corrected chi connectivity index (χ1v) is 9.83. The molecule has 1 amide bonds. The molecule has 3 aromatic rings. The van der Waals surface area contributed by atoms with Gasteiger partial charge in [0.05, 0.1) is 25.6 Å². The second-order valence-corrected chi connectivity index (χ2v) is 6.72. The quantitative estimate of drug-likeness (QED) is 0.545. The van der Waals surface area contributed by atoms with Crippen molar-refractivity contribution in [3.8, 4) is 28.4 Å². The van der Waals surface area contributed by atoms with Crippen molar-refractivity contribution in [1.29, 1.82) is 0 Å². The molecular formula is C23H27N3O3. The smallest absolute Gasteiger partial charge is 0.270 e. The molecule has 6 heteroatoms. The number of nitrogens with zero attached hydrogens (tertiary/aromatic N) is 2. The monoisotopic (exact) mass is 393 g/mol. The van der Waals surface area contributed by atoms with E-state index in [1.165, 1.54) is 0 Å². The molecule has 1 aromatic heterocycles. The van der Waals surface area contributed by atoms with E-state index in [2.05, 4.69) is 12.2 Å². The van der Waals surface area contributed by atoms with Gasteiger partial charge in [0, 0.05) is 12.1 Å². The van der Waals surface area contributed by atoms with Crippen LogP contribution in [0.5, 0.6) is 11.5 Å². The van der Waals surface area contributed by atoms with Gasteiger partial charge in [0.1, 0.15) is 17.2 Å². The summed E-state index contributed by atoms with van der Waals surface area (Å²) in [6, 6.07) is 16.9. The van der Waals surface area contributed by atoms with Gasteiger partial charge in [-0.3, -0.25) is 4.79 Å². The van der Waals surface area contributed by atoms with Crippen molar-refractivity contribution in [3.05, 3.63) is 60.3 Å². The molecular weight excluding hydrogens is 366 g/mol. The molecule has 3 rings (SSSR count). The Morgan fingerprint density at radius 3 is 2.17 bits per heavy atom. The maximum atomic E-state index is 12.9. The van der Waals surface area contributed by atoms with Crippen LogP contribution >= 0.6 is 0 Å². The number of hydrogen-bond donors (Lipinski definition) is 1. The number of unbranched alkanes of at least 4 members (excludes halogenated alkanes) is 2. The Kier molecular flexibility index (Phi) is 6.89. The third kappa shape index (κ3) is 4.96. The summed E-state index contributed by atoms with van der Waals surface area (Å²) >= 11 is 0. The Bertz CT molecular complexity index is 931. The molecule has 0 saturated heterocycles. The number of rotatable bonds is 9. The Hall–Kier alpha value is -3.28. The molecule has 1 N–H and O–H groups in total. The third-order valence-corrected chi connectivity index (χ3v) is 4.71. The van der Waals surface area contributed by atoms with E-state index in [1.54, 1.807) is 18.9 Å². The van der Waals surface area contributed by atoms with Gasteiger partial charge < -0.3 is 14.8 Å². The van der Waals surface area contributed by atoms with Crippen molar-refractivity contribution in [2.45, 2.75) is 26.2 Å². The van der Waals surface area contributed by atoms with E-state index in [-0.39, 0.29) is 5.91 Å². The van der Waals surface area contributed by atoms with Crippen molar-refractivity contribution >= 4 is 5.91 Å². The largest absolute Gasteiger partial charge is 0.497 e. The first-order valence-electron chi connectivity index (χ1n) is 9.83. The van der Waals surface area contributed by atoms with E-state index >= 15 is 0 Å². The highest BCUT2D eigenvalue weighted by molar-refractivity contribution is 5.94. The highest BCUT2D eigenvalue weighted by atomic mass is 16.5. The maximum absolute atomic E-state index is 12.9. The van der Waals surface area contributed by atoms with Crippen molar-refractivity contribution < 1.29 is 14.3 Å². The molecule has 0 aliphatic carbocycles. The minimum atomic E-state index is -0.135. The van der Waals surface area contributed by atoms with E-state index in [0.717, 1.165) is 47.7 Å². The molecule has 1 heterocycles. The average Bonchev–Trinajstić information content (AvgIpc) is 3.22. The molecule has 0 unspecified atom stereocenters. The third-order valence-electron chi connectivity index (χ3n) is 4.71. The van der Waals surface area contributed by atoms with Crippen LogP contribution in [0, 0.1) is 0 Å². The number of methoxy groups -OCH3 is 2. The molecule has 152 valence electrons. The fourth-order valence-electron chi connectivity index (χ4n) is 3.03. The van der Waals surface area contributed by atoms with Crippen molar-refractivity contribution in [3.63, 3.8) is 0 Å². The van der Waals surface area contributed by atoms with Crippen LogP contribution in [0.3, 0.4) is 0 Å². The average molecular weight is 393 g/mol. The van der Waals surface area contributed by atoms with Crippen LogP contribution in [-0.2, 0) is 0 Å². The molecule has 0 bridgehead atoms. The lowest BCUT2D eigenvalue weighted by molar-refractivity contribution is 0.0945. The van der Waals surface area contributed by atoms with Crippen LogP contribution < -0.4 is 14.8 Å². The van der Waals surface area contributed by atoms with Gasteiger partial charge in [0.2, 0.25) is 0 Å². The highest BCUT2D eigenvalue weighted by Gasteiger charge is 2.17. The summed E-state index contributed by atoms with van der Waals surface area (Å²) in [6.45, 7) is 2.79. The molecule has 0 aliphatic heterocycles. The lowest BCUT2D eigenvalue weighted by atomic mass is 10.1. The second kappa shape index (κ2) is 9.78. The molecule has 0 radical (unpaired) electrons. The van der Waals surface area contributed by atoms with Gasteiger partial charge in [-0.05, 0) is 61.0 Å². The van der Waals surface area contributed by atoms with Gasteiger partial charge in [0.15, 0.2) is 0 Å². The number of carbonyl (C=O) groups is 1. The molecule has 29 heavy (non-hydrogen) atoms. The summed E-state index contributed by atoms with van der Waals surface area (Å²) in [6.07, 6.45) is 3.17. The number of nitrogens with one attached hydrogen (secondary N) is 1. The zero-order chi connectivity index (χ0) is 20.6. The Balaban J connectivity index is 1.94. The zero-order valence-electron chi connectivity index (χ0n) is 17.1. The molecule has 0 saturated carbocycles. The number of aromatic nitrogens is 2.